The Morgan fingerprint density at radius 2 is 0.565 bits per heavy atom. The summed E-state index contributed by atoms with van der Waals surface area (Å²) in [6, 6.07) is 0.506. The molecule has 0 amide bonds. The Morgan fingerprint density at radius 3 is 0.898 bits per heavy atom. The summed E-state index contributed by atoms with van der Waals surface area (Å²) >= 11 is 0. The molecule has 4 fully saturated rings. The first-order valence-corrected chi connectivity index (χ1v) is 49.2. The third kappa shape index (κ3) is 47.9. The van der Waals surface area contributed by atoms with Crippen LogP contribution in [-0.2, 0) is 0 Å². The number of nitrogens with zero attached hydrogens (tertiary/aromatic N) is 2. The Balaban J connectivity index is 1.32. The summed E-state index contributed by atoms with van der Waals surface area (Å²) in [4.78, 5) is 5.82. The van der Waals surface area contributed by atoms with Crippen molar-refractivity contribution in [1.82, 2.24) is 9.80 Å². The molecule has 108 heavy (non-hydrogen) atoms. The molecule has 5 atom stereocenters. The number of rotatable bonds is 67. The number of hydrogen-bond donors (Lipinski definition) is 0. The minimum absolute atomic E-state index is 0.506. The van der Waals surface area contributed by atoms with Gasteiger partial charge in [-0.2, -0.15) is 0 Å². The lowest BCUT2D eigenvalue weighted by Gasteiger charge is -2.34. The van der Waals surface area contributed by atoms with E-state index in [0.717, 1.165) is 128 Å². The largest absolute Gasteiger partial charge is 0.301 e. The molecule has 0 spiro atoms. The van der Waals surface area contributed by atoms with Crippen LogP contribution in [0.5, 0.6) is 0 Å². The SMILES string of the molecule is C=C=C(CCCCC(=C)CCN(CCCCCC(=C)C1CCC(CCCC(C)CCCC(C)C)CC1)CC(C)N(CCCCCC(=C)C1CCC(CCCC(C)CCCC(C)C)CC1)CCC(=C)CCCCC(=C)C1CCC(CCCC(C)CCCC(C)C)CC1)C1CCC(CCCC(C)CCCC(C)C)CC1. The molecule has 0 aromatic heterocycles. The highest BCUT2D eigenvalue weighted by Gasteiger charge is 2.28. The summed E-state index contributed by atoms with van der Waals surface area (Å²) in [5.41, 5.74) is 12.7. The smallest absolute Gasteiger partial charge is 0.0195 e. The van der Waals surface area contributed by atoms with Gasteiger partial charge >= 0.3 is 0 Å². The zero-order chi connectivity index (χ0) is 78.7. The van der Waals surface area contributed by atoms with Crippen molar-refractivity contribution in [2.45, 2.75) is 468 Å². The second-order valence-corrected chi connectivity index (χ2v) is 41.2. The topological polar surface area (TPSA) is 6.48 Å². The van der Waals surface area contributed by atoms with Crippen molar-refractivity contribution in [2.24, 2.45) is 94.7 Å². The maximum atomic E-state index is 4.81. The first kappa shape index (κ1) is 98.5. The van der Waals surface area contributed by atoms with E-state index in [-0.39, 0.29) is 0 Å². The fraction of sp³-hybridized carbons (Fsp3) is 0.877. The van der Waals surface area contributed by atoms with E-state index in [4.69, 9.17) is 32.9 Å². The molecule has 2 heteroatoms. The Labute approximate surface area is 680 Å². The van der Waals surface area contributed by atoms with Crippen LogP contribution in [0.25, 0.3) is 0 Å². The van der Waals surface area contributed by atoms with E-state index in [1.54, 1.807) is 22.3 Å². The summed E-state index contributed by atoms with van der Waals surface area (Å²) < 4.78 is 0. The molecule has 628 valence electrons. The molecule has 5 unspecified atom stereocenters. The van der Waals surface area contributed by atoms with Crippen LogP contribution in [0.15, 0.2) is 78.6 Å². The Kier molecular flexibility index (Phi) is 55.3. The fourth-order valence-electron chi connectivity index (χ4n) is 20.9. The molecule has 0 N–H and O–H groups in total. The number of hydrogen-bond acceptors (Lipinski definition) is 2. The van der Waals surface area contributed by atoms with Crippen LogP contribution in [0, 0.1) is 94.7 Å². The van der Waals surface area contributed by atoms with Crippen LogP contribution in [0.3, 0.4) is 0 Å². The third-order valence-electron chi connectivity index (χ3n) is 29.1. The minimum Gasteiger partial charge on any atom is -0.301 e. The van der Waals surface area contributed by atoms with Crippen LogP contribution in [0.1, 0.15) is 462 Å². The Bertz CT molecular complexity index is 2300. The average Bonchev–Trinajstić information content (AvgIpc) is 0.878. The second-order valence-electron chi connectivity index (χ2n) is 41.2. The summed E-state index contributed by atoms with van der Waals surface area (Å²) in [6.07, 6.45) is 79.1. The van der Waals surface area contributed by atoms with E-state index in [1.807, 2.05) is 0 Å². The molecule has 2 nitrogen and oxygen atoms in total. The van der Waals surface area contributed by atoms with Gasteiger partial charge in [-0.1, -0.05) is 317 Å². The van der Waals surface area contributed by atoms with Crippen LogP contribution in [-0.4, -0.2) is 48.6 Å². The van der Waals surface area contributed by atoms with Crippen molar-refractivity contribution in [3.63, 3.8) is 0 Å². The molecule has 4 saturated carbocycles. The number of allylic oxidation sites excluding steroid dienone is 4. The molecule has 0 aliphatic heterocycles. The third-order valence-corrected chi connectivity index (χ3v) is 29.1. The van der Waals surface area contributed by atoms with Crippen molar-refractivity contribution in [2.75, 3.05) is 32.7 Å². The Hall–Kier alpha value is -1.86. The highest BCUT2D eigenvalue weighted by molar-refractivity contribution is 5.08. The van der Waals surface area contributed by atoms with Crippen molar-refractivity contribution in [3.05, 3.63) is 78.6 Å². The van der Waals surface area contributed by atoms with Gasteiger partial charge in [0.25, 0.3) is 0 Å². The predicted molar refractivity (Wildman–Crippen MR) is 488 cm³/mol. The standard InChI is InChI=1S/C106H194N2/c1-20-102(106-75-67-101(68-76-106)59-38-52-91(13)48-34-42-87(8)9)60-28-26-44-92(14)77-81-107(79-29-21-23-53-94(16)103-69-61-98(62-70-103)56-35-49-88(10)45-31-39-84(2)3)83-97(19)108(80-30-22-24-54-95(17)104-71-63-99(64-72-104)57-36-50-89(11)46-32-40-85(4)5)82-78-93(15)43-25-27-55-96(18)105-73-65-100(66-74-105)58-37-51-90(12)47-33-41-86(6)7/h84-91,97-101,103-106H,1,14-18,21-83H2,2-13,19H3. The van der Waals surface area contributed by atoms with Crippen molar-refractivity contribution in [1.29, 1.82) is 0 Å². The first-order valence-electron chi connectivity index (χ1n) is 49.2. The quantitative estimate of drug-likeness (QED) is 0.0340. The molecule has 0 aromatic carbocycles. The molecule has 0 heterocycles. The van der Waals surface area contributed by atoms with E-state index in [0.29, 0.717) is 12.0 Å². The summed E-state index contributed by atoms with van der Waals surface area (Å²) in [5.74, 6) is 13.8. The van der Waals surface area contributed by atoms with Gasteiger partial charge in [-0.3, -0.25) is 4.90 Å². The predicted octanol–water partition coefficient (Wildman–Crippen LogP) is 34.2. The van der Waals surface area contributed by atoms with Gasteiger partial charge in [-0.05, 0) is 326 Å². The van der Waals surface area contributed by atoms with Crippen LogP contribution < -0.4 is 0 Å². The van der Waals surface area contributed by atoms with Crippen LogP contribution in [0.4, 0.5) is 0 Å². The van der Waals surface area contributed by atoms with E-state index in [9.17, 15) is 0 Å². The second kappa shape index (κ2) is 60.6. The van der Waals surface area contributed by atoms with E-state index < -0.39 is 0 Å². The van der Waals surface area contributed by atoms with Gasteiger partial charge in [0.1, 0.15) is 0 Å². The van der Waals surface area contributed by atoms with Gasteiger partial charge in [-0.15, -0.1) is 5.73 Å². The molecule has 4 aliphatic carbocycles. The maximum Gasteiger partial charge on any atom is 0.0195 e. The lowest BCUT2D eigenvalue weighted by molar-refractivity contribution is 0.145. The van der Waals surface area contributed by atoms with Crippen LogP contribution >= 0.6 is 0 Å². The van der Waals surface area contributed by atoms with Crippen molar-refractivity contribution >= 4 is 0 Å². The van der Waals surface area contributed by atoms with Crippen molar-refractivity contribution in [3.8, 4) is 0 Å². The zero-order valence-electron chi connectivity index (χ0n) is 76.0. The van der Waals surface area contributed by atoms with Crippen LogP contribution in [0.2, 0.25) is 0 Å². The zero-order valence-corrected chi connectivity index (χ0v) is 76.0. The van der Waals surface area contributed by atoms with Gasteiger partial charge in [0, 0.05) is 25.7 Å². The minimum atomic E-state index is 0.506. The highest BCUT2D eigenvalue weighted by atomic mass is 15.2. The molecule has 0 saturated heterocycles. The van der Waals surface area contributed by atoms with Gasteiger partial charge in [0.2, 0.25) is 0 Å². The van der Waals surface area contributed by atoms with Gasteiger partial charge in [0.15, 0.2) is 0 Å². The van der Waals surface area contributed by atoms with E-state index in [2.05, 4.69) is 112 Å². The number of unbranched alkanes of at least 4 members (excludes halogenated alkanes) is 6. The highest BCUT2D eigenvalue weighted by Crippen LogP contribution is 2.42. The first-order chi connectivity index (χ1) is 52.0. The summed E-state index contributed by atoms with van der Waals surface area (Å²) in [6.45, 7) is 65.7. The van der Waals surface area contributed by atoms with E-state index >= 15 is 0 Å². The molecular formula is C106H194N2. The lowest BCUT2D eigenvalue weighted by Crippen LogP contribution is -2.44. The molecule has 4 aliphatic rings. The van der Waals surface area contributed by atoms with Crippen molar-refractivity contribution < 1.29 is 0 Å². The molecule has 0 radical (unpaired) electrons. The molecular weight excluding hydrogens is 1300 g/mol. The monoisotopic (exact) mass is 1500 g/mol. The van der Waals surface area contributed by atoms with Gasteiger partial charge in [0.05, 0.1) is 0 Å². The lowest BCUT2D eigenvalue weighted by atomic mass is 9.75. The average molecular weight is 1500 g/mol. The maximum absolute atomic E-state index is 4.81. The van der Waals surface area contributed by atoms with Gasteiger partial charge in [-0.25, -0.2) is 0 Å². The molecule has 0 aromatic rings. The summed E-state index contributed by atoms with van der Waals surface area (Å²) in [7, 11) is 0. The fourth-order valence-corrected chi connectivity index (χ4v) is 20.9. The van der Waals surface area contributed by atoms with Gasteiger partial charge < -0.3 is 4.90 Å². The van der Waals surface area contributed by atoms with E-state index in [1.165, 1.54) is 377 Å². The molecule has 4 rings (SSSR count). The normalized spacial score (nSPS) is 22.3. The Morgan fingerprint density at radius 1 is 0.278 bits per heavy atom. The summed E-state index contributed by atoms with van der Waals surface area (Å²) in [5, 5.41) is 0. The molecule has 0 bridgehead atoms.